The Kier molecular flexibility index (Phi) is 3.95. The normalized spacial score (nSPS) is 10.3. The Morgan fingerprint density at radius 2 is 1.84 bits per heavy atom. The molecule has 0 bridgehead atoms. The number of carbonyl (C=O) groups is 1. The van der Waals surface area contributed by atoms with E-state index in [2.05, 4.69) is 12.2 Å². The number of amides is 1. The largest absolute Gasteiger partial charge is 0.322 e. The monoisotopic (exact) mass is 257 g/mol. The minimum atomic E-state index is -0.332. The topological polar surface area (TPSA) is 29.1 Å². The quantitative estimate of drug-likeness (QED) is 0.886. The number of hydrogen-bond acceptors (Lipinski definition) is 1. The molecule has 1 N–H and O–H groups in total. The van der Waals surface area contributed by atoms with Crippen LogP contribution in [-0.2, 0) is 6.42 Å². The molecule has 3 heteroatoms. The summed E-state index contributed by atoms with van der Waals surface area (Å²) in [6.07, 6.45) is 0.964. The van der Waals surface area contributed by atoms with Gasteiger partial charge in [-0.25, -0.2) is 4.39 Å². The Bertz CT molecular complexity index is 590. The van der Waals surface area contributed by atoms with Crippen molar-refractivity contribution in [2.24, 2.45) is 0 Å². The molecule has 0 unspecified atom stereocenters. The number of aryl methyl sites for hydroxylation is 2. The molecule has 0 saturated heterocycles. The number of benzene rings is 2. The van der Waals surface area contributed by atoms with Gasteiger partial charge in [-0.3, -0.25) is 4.79 Å². The van der Waals surface area contributed by atoms with E-state index >= 15 is 0 Å². The van der Waals surface area contributed by atoms with E-state index in [1.165, 1.54) is 23.8 Å². The lowest BCUT2D eigenvalue weighted by atomic mass is 10.1. The minimum absolute atomic E-state index is 0.221. The molecule has 2 rings (SSSR count). The van der Waals surface area contributed by atoms with Crippen LogP contribution in [0, 0.1) is 12.7 Å². The van der Waals surface area contributed by atoms with Gasteiger partial charge in [0.1, 0.15) is 5.82 Å². The predicted molar refractivity (Wildman–Crippen MR) is 74.9 cm³/mol. The van der Waals surface area contributed by atoms with Crippen molar-refractivity contribution in [1.82, 2.24) is 0 Å². The van der Waals surface area contributed by atoms with Gasteiger partial charge >= 0.3 is 0 Å². The summed E-state index contributed by atoms with van der Waals surface area (Å²) in [4.78, 5) is 12.1. The van der Waals surface area contributed by atoms with Crippen LogP contribution in [0.25, 0.3) is 0 Å². The Morgan fingerprint density at radius 3 is 2.42 bits per heavy atom. The molecule has 0 radical (unpaired) electrons. The molecule has 0 aliphatic carbocycles. The molecule has 98 valence electrons. The zero-order chi connectivity index (χ0) is 13.8. The maximum Gasteiger partial charge on any atom is 0.255 e. The minimum Gasteiger partial charge on any atom is -0.322 e. The van der Waals surface area contributed by atoms with Crippen LogP contribution in [0.1, 0.15) is 28.4 Å². The third-order valence-electron chi connectivity index (χ3n) is 3.05. The fourth-order valence-corrected chi connectivity index (χ4v) is 1.90. The van der Waals surface area contributed by atoms with Gasteiger partial charge in [0.05, 0.1) is 0 Å². The molecular formula is C16H16FNO. The summed E-state index contributed by atoms with van der Waals surface area (Å²) in [6, 6.07) is 11.9. The van der Waals surface area contributed by atoms with Crippen LogP contribution in [0.15, 0.2) is 42.5 Å². The van der Waals surface area contributed by atoms with Gasteiger partial charge in [-0.2, -0.15) is 0 Å². The molecule has 0 heterocycles. The van der Waals surface area contributed by atoms with Crippen molar-refractivity contribution < 1.29 is 9.18 Å². The van der Waals surface area contributed by atoms with Crippen LogP contribution in [0.5, 0.6) is 0 Å². The van der Waals surface area contributed by atoms with E-state index in [-0.39, 0.29) is 11.7 Å². The van der Waals surface area contributed by atoms with Crippen molar-refractivity contribution in [3.8, 4) is 0 Å². The van der Waals surface area contributed by atoms with Crippen LogP contribution in [-0.4, -0.2) is 5.91 Å². The van der Waals surface area contributed by atoms with Gasteiger partial charge in [-0.1, -0.05) is 19.1 Å². The second-order valence-corrected chi connectivity index (χ2v) is 4.46. The fourth-order valence-electron chi connectivity index (χ4n) is 1.90. The maximum absolute atomic E-state index is 13.0. The molecule has 0 saturated carbocycles. The second kappa shape index (κ2) is 5.65. The lowest BCUT2D eigenvalue weighted by molar-refractivity contribution is 0.102. The highest BCUT2D eigenvalue weighted by Crippen LogP contribution is 2.14. The van der Waals surface area contributed by atoms with E-state index in [4.69, 9.17) is 0 Å². The summed E-state index contributed by atoms with van der Waals surface area (Å²) in [7, 11) is 0. The van der Waals surface area contributed by atoms with Crippen LogP contribution in [0.3, 0.4) is 0 Å². The van der Waals surface area contributed by atoms with Crippen molar-refractivity contribution in [3.63, 3.8) is 0 Å². The predicted octanol–water partition coefficient (Wildman–Crippen LogP) is 3.95. The average Bonchev–Trinajstić information content (AvgIpc) is 2.39. The standard InChI is InChI=1S/C16H16FNO/c1-3-12-4-7-14(8-5-12)18-16(19)15-9-6-13(17)10-11(15)2/h4-10H,3H2,1-2H3,(H,18,19). The molecule has 0 atom stereocenters. The number of nitrogens with one attached hydrogen (secondary N) is 1. The van der Waals surface area contributed by atoms with Crippen molar-refractivity contribution in [2.45, 2.75) is 20.3 Å². The zero-order valence-electron chi connectivity index (χ0n) is 11.0. The van der Waals surface area contributed by atoms with Gasteiger partial charge in [-0.15, -0.1) is 0 Å². The summed E-state index contributed by atoms with van der Waals surface area (Å²) >= 11 is 0. The average molecular weight is 257 g/mol. The van der Waals surface area contributed by atoms with E-state index in [9.17, 15) is 9.18 Å². The maximum atomic E-state index is 13.0. The highest BCUT2D eigenvalue weighted by molar-refractivity contribution is 6.05. The fraction of sp³-hybridized carbons (Fsp3) is 0.188. The van der Waals surface area contributed by atoms with Crippen molar-refractivity contribution in [1.29, 1.82) is 0 Å². The molecule has 0 spiro atoms. The first-order chi connectivity index (χ1) is 9.10. The molecular weight excluding hydrogens is 241 g/mol. The molecule has 2 nitrogen and oxygen atoms in total. The SMILES string of the molecule is CCc1ccc(NC(=O)c2ccc(F)cc2C)cc1. The number of halogens is 1. The molecule has 0 aromatic heterocycles. The number of hydrogen-bond donors (Lipinski definition) is 1. The van der Waals surface area contributed by atoms with Gasteiger partial charge in [0.25, 0.3) is 5.91 Å². The number of anilines is 1. The highest BCUT2D eigenvalue weighted by atomic mass is 19.1. The summed E-state index contributed by atoms with van der Waals surface area (Å²) in [5.41, 5.74) is 3.07. The van der Waals surface area contributed by atoms with E-state index in [0.29, 0.717) is 11.1 Å². The third kappa shape index (κ3) is 3.19. The van der Waals surface area contributed by atoms with Crippen LogP contribution in [0.2, 0.25) is 0 Å². The Morgan fingerprint density at radius 1 is 1.16 bits per heavy atom. The molecule has 0 fully saturated rings. The van der Waals surface area contributed by atoms with Gasteiger partial charge in [0.2, 0.25) is 0 Å². The summed E-state index contributed by atoms with van der Waals surface area (Å²) < 4.78 is 13.0. The van der Waals surface area contributed by atoms with Crippen molar-refractivity contribution in [3.05, 3.63) is 65.0 Å². The van der Waals surface area contributed by atoms with Crippen LogP contribution < -0.4 is 5.32 Å². The number of carbonyl (C=O) groups excluding carboxylic acids is 1. The lowest BCUT2D eigenvalue weighted by Crippen LogP contribution is -2.13. The lowest BCUT2D eigenvalue weighted by Gasteiger charge is -2.08. The van der Waals surface area contributed by atoms with Crippen molar-refractivity contribution >= 4 is 11.6 Å². The van der Waals surface area contributed by atoms with Gasteiger partial charge in [-0.05, 0) is 54.8 Å². The molecule has 1 amide bonds. The molecule has 2 aromatic rings. The summed E-state index contributed by atoms with van der Waals surface area (Å²) in [6.45, 7) is 3.80. The van der Waals surface area contributed by atoms with Crippen molar-refractivity contribution in [2.75, 3.05) is 5.32 Å². The smallest absolute Gasteiger partial charge is 0.255 e. The molecule has 0 aliphatic rings. The Balaban J connectivity index is 2.15. The van der Waals surface area contributed by atoms with Gasteiger partial charge < -0.3 is 5.32 Å². The third-order valence-corrected chi connectivity index (χ3v) is 3.05. The van der Waals surface area contributed by atoms with E-state index in [1.54, 1.807) is 6.92 Å². The zero-order valence-corrected chi connectivity index (χ0v) is 11.0. The number of rotatable bonds is 3. The van der Waals surface area contributed by atoms with E-state index < -0.39 is 0 Å². The summed E-state index contributed by atoms with van der Waals surface area (Å²) in [5, 5.41) is 2.81. The molecule has 2 aromatic carbocycles. The summed E-state index contributed by atoms with van der Waals surface area (Å²) in [5.74, 6) is -0.553. The van der Waals surface area contributed by atoms with Crippen LogP contribution in [0.4, 0.5) is 10.1 Å². The molecule has 0 aliphatic heterocycles. The molecule has 19 heavy (non-hydrogen) atoms. The first kappa shape index (κ1) is 13.3. The van der Waals surface area contributed by atoms with Gasteiger partial charge in [0, 0.05) is 11.3 Å². The van der Waals surface area contributed by atoms with E-state index in [0.717, 1.165) is 12.1 Å². The van der Waals surface area contributed by atoms with Gasteiger partial charge in [0.15, 0.2) is 0 Å². The van der Waals surface area contributed by atoms with Crippen LogP contribution >= 0.6 is 0 Å². The Hall–Kier alpha value is -2.16. The van der Waals surface area contributed by atoms with E-state index in [1.807, 2.05) is 24.3 Å². The highest BCUT2D eigenvalue weighted by Gasteiger charge is 2.09. The second-order valence-electron chi connectivity index (χ2n) is 4.46. The Labute approximate surface area is 112 Å². The first-order valence-corrected chi connectivity index (χ1v) is 6.26. The first-order valence-electron chi connectivity index (χ1n) is 6.26.